The zero-order valence-electron chi connectivity index (χ0n) is 19.8. The third-order valence-corrected chi connectivity index (χ3v) is 7.80. The number of benzene rings is 1. The Morgan fingerprint density at radius 3 is 2.44 bits per heavy atom. The summed E-state index contributed by atoms with van der Waals surface area (Å²) in [6.45, 7) is 4.27. The molecule has 1 aromatic heterocycles. The predicted molar refractivity (Wildman–Crippen MR) is 130 cm³/mol. The Hall–Kier alpha value is -2.52. The number of fused-ring (bicyclic) bond motifs is 1. The SMILES string of the molecule is CC1=CC(C(F)(F)F)Cc2c(C)nn(Cc3c(Cl)ccc(C(=O)N4CCC(CC(=O)O)CC4)c3Cl)c21. The van der Waals surface area contributed by atoms with Gasteiger partial charge in [-0.05, 0) is 56.7 Å². The van der Waals surface area contributed by atoms with E-state index in [-0.39, 0.29) is 41.8 Å². The number of allylic oxidation sites excluding steroid dienone is 2. The number of carboxylic acid groups (broad SMARTS) is 1. The molecule has 1 saturated heterocycles. The Balaban J connectivity index is 1.59. The third kappa shape index (κ3) is 5.27. The molecule has 11 heteroatoms. The Labute approximate surface area is 216 Å². The topological polar surface area (TPSA) is 75.4 Å². The summed E-state index contributed by atoms with van der Waals surface area (Å²) in [5, 5.41) is 14.0. The number of aryl methyl sites for hydroxylation is 1. The molecule has 0 bridgehead atoms. The molecule has 1 aliphatic carbocycles. The Morgan fingerprint density at radius 2 is 1.83 bits per heavy atom. The maximum atomic E-state index is 13.4. The van der Waals surface area contributed by atoms with Gasteiger partial charge >= 0.3 is 12.1 Å². The van der Waals surface area contributed by atoms with E-state index in [0.717, 1.165) is 0 Å². The predicted octanol–water partition coefficient (Wildman–Crippen LogP) is 6.01. The lowest BCUT2D eigenvalue weighted by Crippen LogP contribution is -2.39. The Bertz CT molecular complexity index is 1230. The Morgan fingerprint density at radius 1 is 1.17 bits per heavy atom. The van der Waals surface area contributed by atoms with Gasteiger partial charge in [-0.15, -0.1) is 0 Å². The molecule has 4 rings (SSSR count). The number of carbonyl (C=O) groups is 2. The fourth-order valence-electron chi connectivity index (χ4n) is 5.10. The van der Waals surface area contributed by atoms with Gasteiger partial charge in [0.25, 0.3) is 5.91 Å². The van der Waals surface area contributed by atoms with Crippen LogP contribution in [0.5, 0.6) is 0 Å². The second-order valence-corrected chi connectivity index (χ2v) is 10.3. The van der Waals surface area contributed by atoms with Crippen LogP contribution in [0.3, 0.4) is 0 Å². The minimum Gasteiger partial charge on any atom is -0.481 e. The zero-order valence-corrected chi connectivity index (χ0v) is 21.3. The van der Waals surface area contributed by atoms with Crippen LogP contribution < -0.4 is 0 Å². The number of rotatable bonds is 5. The molecule has 0 saturated carbocycles. The van der Waals surface area contributed by atoms with Crippen LogP contribution in [-0.2, 0) is 17.8 Å². The molecular formula is C25H26Cl2F3N3O3. The van der Waals surface area contributed by atoms with Gasteiger partial charge < -0.3 is 10.0 Å². The minimum absolute atomic E-state index is 0.0327. The number of aromatic nitrogens is 2. The summed E-state index contributed by atoms with van der Waals surface area (Å²) < 4.78 is 41.7. The molecule has 6 nitrogen and oxygen atoms in total. The highest BCUT2D eigenvalue weighted by Gasteiger charge is 2.41. The second-order valence-electron chi connectivity index (χ2n) is 9.49. The van der Waals surface area contributed by atoms with Crippen molar-refractivity contribution >= 4 is 40.7 Å². The van der Waals surface area contributed by atoms with Crippen molar-refractivity contribution in [2.24, 2.45) is 11.8 Å². The molecule has 2 aliphatic rings. The zero-order chi connectivity index (χ0) is 26.4. The molecular weight excluding hydrogens is 518 g/mol. The molecule has 1 atom stereocenters. The van der Waals surface area contributed by atoms with E-state index >= 15 is 0 Å². The van der Waals surface area contributed by atoms with Crippen molar-refractivity contribution in [1.82, 2.24) is 14.7 Å². The summed E-state index contributed by atoms with van der Waals surface area (Å²) >= 11 is 13.1. The van der Waals surface area contributed by atoms with E-state index in [2.05, 4.69) is 5.10 Å². The van der Waals surface area contributed by atoms with Crippen LogP contribution in [0.25, 0.3) is 5.57 Å². The van der Waals surface area contributed by atoms with E-state index < -0.39 is 18.1 Å². The highest BCUT2D eigenvalue weighted by molar-refractivity contribution is 6.38. The van der Waals surface area contributed by atoms with Crippen molar-refractivity contribution in [2.45, 2.75) is 52.3 Å². The van der Waals surface area contributed by atoms with Gasteiger partial charge in [0.15, 0.2) is 0 Å². The van der Waals surface area contributed by atoms with Gasteiger partial charge in [0.2, 0.25) is 0 Å². The first-order valence-corrected chi connectivity index (χ1v) is 12.4. The van der Waals surface area contributed by atoms with Gasteiger partial charge in [-0.2, -0.15) is 18.3 Å². The van der Waals surface area contributed by atoms with Gasteiger partial charge in [-0.25, -0.2) is 0 Å². The summed E-state index contributed by atoms with van der Waals surface area (Å²) in [5.41, 5.74) is 2.87. The summed E-state index contributed by atoms with van der Waals surface area (Å²) in [7, 11) is 0. The number of alkyl halides is 3. The number of hydrogen-bond acceptors (Lipinski definition) is 3. The van der Waals surface area contributed by atoms with Gasteiger partial charge in [-0.3, -0.25) is 14.3 Å². The molecule has 1 aromatic carbocycles. The van der Waals surface area contributed by atoms with Crippen LogP contribution in [0.4, 0.5) is 13.2 Å². The van der Waals surface area contributed by atoms with E-state index in [1.165, 1.54) is 6.08 Å². The number of carboxylic acids is 1. The molecule has 2 aromatic rings. The number of halogens is 5. The van der Waals surface area contributed by atoms with Crippen LogP contribution in [0.2, 0.25) is 10.0 Å². The van der Waals surface area contributed by atoms with Crippen LogP contribution in [0.15, 0.2) is 18.2 Å². The van der Waals surface area contributed by atoms with Crippen molar-refractivity contribution in [1.29, 1.82) is 0 Å². The normalized spacial score (nSPS) is 18.7. The molecule has 1 fully saturated rings. The number of carbonyl (C=O) groups excluding carboxylic acids is 1. The highest BCUT2D eigenvalue weighted by Crippen LogP contribution is 2.40. The maximum absolute atomic E-state index is 13.4. The van der Waals surface area contributed by atoms with Gasteiger partial charge in [-0.1, -0.05) is 29.3 Å². The van der Waals surface area contributed by atoms with Crippen molar-refractivity contribution in [3.8, 4) is 0 Å². The highest BCUT2D eigenvalue weighted by atomic mass is 35.5. The first-order valence-electron chi connectivity index (χ1n) is 11.7. The quantitative estimate of drug-likeness (QED) is 0.500. The van der Waals surface area contributed by atoms with Crippen LogP contribution in [0, 0.1) is 18.8 Å². The average molecular weight is 544 g/mol. The first kappa shape index (κ1) is 26.5. The number of aliphatic carboxylic acids is 1. The average Bonchev–Trinajstić information content (AvgIpc) is 3.11. The molecule has 1 aliphatic heterocycles. The fourth-order valence-corrected chi connectivity index (χ4v) is 5.67. The fraction of sp³-hybridized carbons (Fsp3) is 0.480. The lowest BCUT2D eigenvalue weighted by molar-refractivity contribution is -0.160. The minimum atomic E-state index is -4.34. The van der Waals surface area contributed by atoms with Crippen molar-refractivity contribution < 1.29 is 27.9 Å². The largest absolute Gasteiger partial charge is 0.481 e. The van der Waals surface area contributed by atoms with E-state index in [1.807, 2.05) is 0 Å². The summed E-state index contributed by atoms with van der Waals surface area (Å²) in [5.74, 6) is -2.64. The first-order chi connectivity index (χ1) is 16.9. The number of piperidine rings is 1. The van der Waals surface area contributed by atoms with Crippen LogP contribution in [-0.4, -0.2) is 50.9 Å². The van der Waals surface area contributed by atoms with Crippen molar-refractivity contribution in [3.05, 3.63) is 56.3 Å². The van der Waals surface area contributed by atoms with Gasteiger partial charge in [0, 0.05) is 35.7 Å². The molecule has 0 radical (unpaired) electrons. The molecule has 36 heavy (non-hydrogen) atoms. The summed E-state index contributed by atoms with van der Waals surface area (Å²) in [6, 6.07) is 3.14. The van der Waals surface area contributed by atoms with E-state index in [1.54, 1.807) is 35.6 Å². The monoisotopic (exact) mass is 543 g/mol. The lowest BCUT2D eigenvalue weighted by atomic mass is 9.87. The number of amides is 1. The Kier molecular flexibility index (Phi) is 7.44. The summed E-state index contributed by atoms with van der Waals surface area (Å²) in [6.07, 6.45) is -2.02. The number of likely N-dealkylation sites (tertiary alicyclic amines) is 1. The van der Waals surface area contributed by atoms with Crippen molar-refractivity contribution in [3.63, 3.8) is 0 Å². The van der Waals surface area contributed by atoms with Crippen LogP contribution >= 0.6 is 23.2 Å². The lowest BCUT2D eigenvalue weighted by Gasteiger charge is -2.31. The third-order valence-electron chi connectivity index (χ3n) is 7.01. The molecule has 1 N–H and O–H groups in total. The van der Waals surface area contributed by atoms with E-state index in [9.17, 15) is 22.8 Å². The number of hydrogen-bond donors (Lipinski definition) is 1. The molecule has 1 amide bonds. The molecule has 0 spiro atoms. The van der Waals surface area contributed by atoms with Gasteiger partial charge in [0.05, 0.1) is 34.4 Å². The standard InChI is InChI=1S/C25H26Cl2F3N3O3/c1-13-9-16(25(28,29)30)11-18-14(2)31-33(23(13)18)12-19-20(26)4-3-17(22(19)27)24(36)32-7-5-15(6-8-32)10-21(34)35/h3-4,9,15-16H,5-8,10-12H2,1-2H3,(H,34,35). The molecule has 2 heterocycles. The summed E-state index contributed by atoms with van der Waals surface area (Å²) in [4.78, 5) is 25.9. The van der Waals surface area contributed by atoms with E-state index in [0.29, 0.717) is 59.0 Å². The van der Waals surface area contributed by atoms with Crippen molar-refractivity contribution in [2.75, 3.05) is 13.1 Å². The smallest absolute Gasteiger partial charge is 0.395 e. The van der Waals surface area contributed by atoms with Crippen LogP contribution in [0.1, 0.15) is 59.1 Å². The molecule has 194 valence electrons. The molecule has 1 unspecified atom stereocenters. The second kappa shape index (κ2) is 10.1. The maximum Gasteiger partial charge on any atom is 0.395 e. The van der Waals surface area contributed by atoms with E-state index in [4.69, 9.17) is 28.3 Å². The number of nitrogens with zero attached hydrogens (tertiary/aromatic N) is 3. The van der Waals surface area contributed by atoms with Gasteiger partial charge in [0.1, 0.15) is 0 Å².